The molecule has 94 valence electrons. The highest BCUT2D eigenvalue weighted by molar-refractivity contribution is 7.10. The maximum atomic E-state index is 11.8. The fourth-order valence-electron chi connectivity index (χ4n) is 1.78. The molecule has 0 atom stereocenters. The number of carbonyl (C=O) groups excluding carboxylic acids is 1. The first-order valence-electron chi connectivity index (χ1n) is 5.68. The van der Waals surface area contributed by atoms with Crippen molar-refractivity contribution >= 4 is 17.2 Å². The number of ether oxygens (including phenoxy) is 1. The van der Waals surface area contributed by atoms with Crippen LogP contribution in [0.1, 0.15) is 10.4 Å². The molecule has 0 bridgehead atoms. The standard InChI is InChI=1S/C12H17NO3S/c1-9-3-5-17-10(9)2-4-13-11(15)12(6-14)7-16-8-12/h3,5,14H,2,4,6-8H2,1H3,(H,13,15). The van der Waals surface area contributed by atoms with Crippen LogP contribution < -0.4 is 5.32 Å². The predicted molar refractivity (Wildman–Crippen MR) is 66.1 cm³/mol. The third-order valence-electron chi connectivity index (χ3n) is 3.15. The Morgan fingerprint density at radius 1 is 1.65 bits per heavy atom. The average molecular weight is 255 g/mol. The number of aryl methyl sites for hydroxylation is 1. The van der Waals surface area contributed by atoms with Crippen molar-refractivity contribution in [3.05, 3.63) is 21.9 Å². The Labute approximate surface area is 105 Å². The summed E-state index contributed by atoms with van der Waals surface area (Å²) in [7, 11) is 0. The number of nitrogens with one attached hydrogen (secondary N) is 1. The number of thiophene rings is 1. The van der Waals surface area contributed by atoms with Gasteiger partial charge in [0.15, 0.2) is 0 Å². The molecule has 2 N–H and O–H groups in total. The number of carbonyl (C=O) groups is 1. The summed E-state index contributed by atoms with van der Waals surface area (Å²) in [5.41, 5.74) is 0.581. The summed E-state index contributed by atoms with van der Waals surface area (Å²) in [5, 5.41) is 14.1. The number of hydrogen-bond acceptors (Lipinski definition) is 4. The monoisotopic (exact) mass is 255 g/mol. The zero-order valence-corrected chi connectivity index (χ0v) is 10.7. The van der Waals surface area contributed by atoms with Crippen LogP contribution in [-0.2, 0) is 16.0 Å². The molecule has 1 aromatic rings. The van der Waals surface area contributed by atoms with E-state index >= 15 is 0 Å². The number of aliphatic hydroxyl groups is 1. The van der Waals surface area contributed by atoms with Gasteiger partial charge in [0.1, 0.15) is 5.41 Å². The number of hydrogen-bond donors (Lipinski definition) is 2. The van der Waals surface area contributed by atoms with Crippen LogP contribution in [0.2, 0.25) is 0 Å². The molecule has 4 nitrogen and oxygen atoms in total. The van der Waals surface area contributed by atoms with Gasteiger partial charge in [-0.05, 0) is 30.4 Å². The van der Waals surface area contributed by atoms with Crippen molar-refractivity contribution in [3.63, 3.8) is 0 Å². The first-order valence-corrected chi connectivity index (χ1v) is 6.56. The maximum Gasteiger partial charge on any atom is 0.233 e. The van der Waals surface area contributed by atoms with E-state index in [0.29, 0.717) is 19.8 Å². The molecule has 0 unspecified atom stereocenters. The molecule has 2 rings (SSSR count). The van der Waals surface area contributed by atoms with Crippen LogP contribution in [0.25, 0.3) is 0 Å². The van der Waals surface area contributed by atoms with Gasteiger partial charge in [-0.25, -0.2) is 0 Å². The first kappa shape index (κ1) is 12.5. The molecule has 2 heterocycles. The molecule has 1 amide bonds. The molecule has 0 radical (unpaired) electrons. The molecule has 1 aromatic heterocycles. The van der Waals surface area contributed by atoms with Crippen LogP contribution in [0.4, 0.5) is 0 Å². The Bertz CT molecular complexity index is 393. The Morgan fingerprint density at radius 2 is 2.41 bits per heavy atom. The third kappa shape index (κ3) is 2.51. The lowest BCUT2D eigenvalue weighted by Gasteiger charge is -2.38. The molecule has 5 heteroatoms. The highest BCUT2D eigenvalue weighted by Gasteiger charge is 2.45. The Balaban J connectivity index is 1.79. The fourth-order valence-corrected chi connectivity index (χ4v) is 2.69. The summed E-state index contributed by atoms with van der Waals surface area (Å²) >= 11 is 1.71. The Hall–Kier alpha value is -0.910. The van der Waals surface area contributed by atoms with Crippen molar-refractivity contribution in [2.24, 2.45) is 5.41 Å². The smallest absolute Gasteiger partial charge is 0.233 e. The third-order valence-corrected chi connectivity index (χ3v) is 4.23. The lowest BCUT2D eigenvalue weighted by atomic mass is 9.86. The van der Waals surface area contributed by atoms with Gasteiger partial charge in [-0.15, -0.1) is 11.3 Å². The van der Waals surface area contributed by atoms with E-state index in [0.717, 1.165) is 6.42 Å². The van der Waals surface area contributed by atoms with E-state index in [2.05, 4.69) is 23.7 Å². The van der Waals surface area contributed by atoms with Gasteiger partial charge in [-0.1, -0.05) is 0 Å². The second kappa shape index (κ2) is 5.16. The van der Waals surface area contributed by atoms with Crippen LogP contribution in [0.15, 0.2) is 11.4 Å². The van der Waals surface area contributed by atoms with Gasteiger partial charge in [-0.3, -0.25) is 4.79 Å². The van der Waals surface area contributed by atoms with Crippen molar-refractivity contribution in [2.75, 3.05) is 26.4 Å². The largest absolute Gasteiger partial charge is 0.395 e. The summed E-state index contributed by atoms with van der Waals surface area (Å²) in [4.78, 5) is 13.1. The zero-order valence-electron chi connectivity index (χ0n) is 9.86. The van der Waals surface area contributed by atoms with Gasteiger partial charge in [0, 0.05) is 11.4 Å². The maximum absolute atomic E-state index is 11.8. The minimum atomic E-state index is -0.690. The van der Waals surface area contributed by atoms with E-state index in [1.807, 2.05) is 0 Å². The molecule has 1 aliphatic heterocycles. The van der Waals surface area contributed by atoms with E-state index in [-0.39, 0.29) is 12.5 Å². The molecule has 1 saturated heterocycles. The quantitative estimate of drug-likeness (QED) is 0.815. The molecule has 1 fully saturated rings. The van der Waals surface area contributed by atoms with Gasteiger partial charge in [-0.2, -0.15) is 0 Å². The number of rotatable bonds is 5. The van der Waals surface area contributed by atoms with E-state index in [4.69, 9.17) is 4.74 Å². The summed E-state index contributed by atoms with van der Waals surface area (Å²) in [6, 6.07) is 2.08. The van der Waals surface area contributed by atoms with Gasteiger partial charge < -0.3 is 15.2 Å². The molecule has 0 saturated carbocycles. The molecule has 0 spiro atoms. The van der Waals surface area contributed by atoms with Gasteiger partial charge >= 0.3 is 0 Å². The number of aliphatic hydroxyl groups excluding tert-OH is 1. The van der Waals surface area contributed by atoms with Crippen molar-refractivity contribution in [1.29, 1.82) is 0 Å². The average Bonchev–Trinajstić information content (AvgIpc) is 2.64. The van der Waals surface area contributed by atoms with Crippen LogP contribution >= 0.6 is 11.3 Å². The van der Waals surface area contributed by atoms with E-state index in [9.17, 15) is 9.90 Å². The van der Waals surface area contributed by atoms with Gasteiger partial charge in [0.25, 0.3) is 0 Å². The van der Waals surface area contributed by atoms with E-state index in [1.165, 1.54) is 10.4 Å². The summed E-state index contributed by atoms with van der Waals surface area (Å²) in [6.07, 6.45) is 0.845. The lowest BCUT2D eigenvalue weighted by molar-refractivity contribution is -0.169. The van der Waals surface area contributed by atoms with Gasteiger partial charge in [0.2, 0.25) is 5.91 Å². The molecule has 1 aliphatic rings. The lowest BCUT2D eigenvalue weighted by Crippen LogP contribution is -2.56. The van der Waals surface area contributed by atoms with Crippen LogP contribution in [0, 0.1) is 12.3 Å². The molecule has 0 aliphatic carbocycles. The predicted octanol–water partition coefficient (Wildman–Crippen LogP) is 0.724. The highest BCUT2D eigenvalue weighted by atomic mass is 32.1. The van der Waals surface area contributed by atoms with Crippen LogP contribution in [0.3, 0.4) is 0 Å². The van der Waals surface area contributed by atoms with Crippen molar-refractivity contribution in [1.82, 2.24) is 5.32 Å². The molecular weight excluding hydrogens is 238 g/mol. The van der Waals surface area contributed by atoms with Crippen LogP contribution in [0.5, 0.6) is 0 Å². The first-order chi connectivity index (χ1) is 8.18. The summed E-state index contributed by atoms with van der Waals surface area (Å²) in [5.74, 6) is -0.0968. The van der Waals surface area contributed by atoms with Crippen molar-refractivity contribution in [3.8, 4) is 0 Å². The van der Waals surface area contributed by atoms with E-state index in [1.54, 1.807) is 11.3 Å². The molecule has 0 aromatic carbocycles. The molecule has 17 heavy (non-hydrogen) atoms. The Morgan fingerprint density at radius 3 is 2.88 bits per heavy atom. The topological polar surface area (TPSA) is 58.6 Å². The van der Waals surface area contributed by atoms with E-state index < -0.39 is 5.41 Å². The van der Waals surface area contributed by atoms with Crippen LogP contribution in [-0.4, -0.2) is 37.4 Å². The summed E-state index contributed by atoms with van der Waals surface area (Å²) < 4.78 is 5.00. The second-order valence-electron chi connectivity index (χ2n) is 4.46. The van der Waals surface area contributed by atoms with Gasteiger partial charge in [0.05, 0.1) is 19.8 Å². The summed E-state index contributed by atoms with van der Waals surface area (Å²) in [6.45, 7) is 3.20. The second-order valence-corrected chi connectivity index (χ2v) is 5.46. The SMILES string of the molecule is Cc1ccsc1CCNC(=O)C1(CO)COC1. The minimum absolute atomic E-state index is 0.0968. The molecular formula is C12H17NO3S. The van der Waals surface area contributed by atoms with Crippen molar-refractivity contribution in [2.45, 2.75) is 13.3 Å². The zero-order chi connectivity index (χ0) is 12.3. The normalized spacial score (nSPS) is 17.5. The highest BCUT2D eigenvalue weighted by Crippen LogP contribution is 2.26. The van der Waals surface area contributed by atoms with Crippen molar-refractivity contribution < 1.29 is 14.6 Å². The number of amides is 1. The minimum Gasteiger partial charge on any atom is -0.395 e. The Kier molecular flexibility index (Phi) is 3.81. The fraction of sp³-hybridized carbons (Fsp3) is 0.583.